The standard InChI is InChI=1S/C20H21ClN4O3S3/c1-3-11-29-20-24-23-19(30-20)22-18(26)13-25(16-6-4-5-15(21)12-16)31(27,28)17-9-7-14(2)8-10-17/h4-10,12H,3,11,13H2,1-2H3,(H,22,23,26). The Hall–Kier alpha value is -2.14. The molecule has 3 rings (SSSR count). The molecule has 0 unspecified atom stereocenters. The predicted molar refractivity (Wildman–Crippen MR) is 127 cm³/mol. The second kappa shape index (κ2) is 10.4. The Kier molecular flexibility index (Phi) is 7.93. The lowest BCUT2D eigenvalue weighted by Crippen LogP contribution is -2.38. The van der Waals surface area contributed by atoms with Crippen LogP contribution in [0.5, 0.6) is 0 Å². The van der Waals surface area contributed by atoms with Crippen molar-refractivity contribution in [2.24, 2.45) is 0 Å². The van der Waals surface area contributed by atoms with Gasteiger partial charge in [-0.25, -0.2) is 8.42 Å². The van der Waals surface area contributed by atoms with Gasteiger partial charge in [-0.3, -0.25) is 14.4 Å². The van der Waals surface area contributed by atoms with Crippen LogP contribution in [-0.2, 0) is 14.8 Å². The van der Waals surface area contributed by atoms with Gasteiger partial charge in [0.05, 0.1) is 10.6 Å². The Morgan fingerprint density at radius 3 is 2.61 bits per heavy atom. The molecular formula is C20H21ClN4O3S3. The molecule has 1 aromatic heterocycles. The molecule has 1 amide bonds. The molecule has 31 heavy (non-hydrogen) atoms. The van der Waals surface area contributed by atoms with E-state index in [0.29, 0.717) is 15.8 Å². The first-order chi connectivity index (χ1) is 14.8. The summed E-state index contributed by atoms with van der Waals surface area (Å²) in [6.07, 6.45) is 0.997. The van der Waals surface area contributed by atoms with E-state index >= 15 is 0 Å². The fourth-order valence-corrected chi connectivity index (χ4v) is 5.87. The average Bonchev–Trinajstić information content (AvgIpc) is 3.17. The highest BCUT2D eigenvalue weighted by atomic mass is 35.5. The quantitative estimate of drug-likeness (QED) is 0.336. The van der Waals surface area contributed by atoms with Crippen molar-refractivity contribution in [1.82, 2.24) is 10.2 Å². The summed E-state index contributed by atoms with van der Waals surface area (Å²) in [5.74, 6) is 0.374. The number of nitrogens with one attached hydrogen (secondary N) is 1. The van der Waals surface area contributed by atoms with Crippen LogP contribution >= 0.6 is 34.7 Å². The summed E-state index contributed by atoms with van der Waals surface area (Å²) < 4.78 is 28.5. The van der Waals surface area contributed by atoms with Gasteiger partial charge in [0.15, 0.2) is 4.34 Å². The lowest BCUT2D eigenvalue weighted by atomic mass is 10.2. The Balaban J connectivity index is 1.85. The van der Waals surface area contributed by atoms with Crippen molar-refractivity contribution in [3.63, 3.8) is 0 Å². The zero-order valence-electron chi connectivity index (χ0n) is 16.9. The van der Waals surface area contributed by atoms with E-state index in [0.717, 1.165) is 26.4 Å². The normalized spacial score (nSPS) is 11.3. The SMILES string of the molecule is CCCSc1nnc(NC(=O)CN(c2cccc(Cl)c2)S(=O)(=O)c2ccc(C)cc2)s1. The molecule has 0 spiro atoms. The van der Waals surface area contributed by atoms with Crippen LogP contribution in [0.4, 0.5) is 10.8 Å². The summed E-state index contributed by atoms with van der Waals surface area (Å²) in [5, 5.41) is 11.3. The zero-order valence-corrected chi connectivity index (χ0v) is 20.1. The van der Waals surface area contributed by atoms with E-state index in [9.17, 15) is 13.2 Å². The number of thioether (sulfide) groups is 1. The Bertz CT molecular complexity index is 1150. The number of benzene rings is 2. The predicted octanol–water partition coefficient (Wildman–Crippen LogP) is 4.84. The van der Waals surface area contributed by atoms with E-state index in [1.807, 2.05) is 6.92 Å². The Labute approximate surface area is 194 Å². The first-order valence-electron chi connectivity index (χ1n) is 9.40. The molecule has 2 aromatic carbocycles. The summed E-state index contributed by atoms with van der Waals surface area (Å²) in [6.45, 7) is 3.50. The fraction of sp³-hybridized carbons (Fsp3) is 0.250. The molecule has 7 nitrogen and oxygen atoms in total. The molecule has 3 aromatic rings. The van der Waals surface area contributed by atoms with Crippen molar-refractivity contribution in [2.75, 3.05) is 21.9 Å². The van der Waals surface area contributed by atoms with Crippen molar-refractivity contribution in [3.8, 4) is 0 Å². The second-order valence-corrected chi connectivity index (χ2v) is 11.2. The Morgan fingerprint density at radius 2 is 1.94 bits per heavy atom. The minimum Gasteiger partial charge on any atom is -0.299 e. The molecular weight excluding hydrogens is 476 g/mol. The van der Waals surface area contributed by atoms with Gasteiger partial charge in [0.2, 0.25) is 11.0 Å². The minimum atomic E-state index is -4.00. The van der Waals surface area contributed by atoms with Crippen LogP contribution in [0.1, 0.15) is 18.9 Å². The third kappa shape index (κ3) is 6.19. The maximum atomic E-state index is 13.3. The van der Waals surface area contributed by atoms with Gasteiger partial charge in [-0.05, 0) is 43.7 Å². The number of amides is 1. The molecule has 0 aliphatic carbocycles. The summed E-state index contributed by atoms with van der Waals surface area (Å²) in [5.41, 5.74) is 1.22. The number of hydrogen-bond acceptors (Lipinski definition) is 7. The van der Waals surface area contributed by atoms with Gasteiger partial charge in [0.25, 0.3) is 10.0 Å². The highest BCUT2D eigenvalue weighted by Crippen LogP contribution is 2.28. The number of nitrogens with zero attached hydrogens (tertiary/aromatic N) is 3. The van der Waals surface area contributed by atoms with Crippen molar-refractivity contribution >= 4 is 61.4 Å². The molecule has 0 radical (unpaired) electrons. The number of hydrogen-bond donors (Lipinski definition) is 1. The number of anilines is 2. The summed E-state index contributed by atoms with van der Waals surface area (Å²) in [4.78, 5) is 12.8. The summed E-state index contributed by atoms with van der Waals surface area (Å²) in [7, 11) is -4.00. The van der Waals surface area contributed by atoms with Crippen molar-refractivity contribution < 1.29 is 13.2 Å². The number of carbonyl (C=O) groups excluding carboxylic acids is 1. The zero-order chi connectivity index (χ0) is 22.4. The topological polar surface area (TPSA) is 92.3 Å². The highest BCUT2D eigenvalue weighted by molar-refractivity contribution is 8.01. The minimum absolute atomic E-state index is 0.0834. The number of halogens is 1. The first-order valence-corrected chi connectivity index (χ1v) is 13.0. The van der Waals surface area contributed by atoms with Crippen LogP contribution in [-0.4, -0.2) is 36.8 Å². The number of rotatable bonds is 9. The molecule has 1 N–H and O–H groups in total. The molecule has 11 heteroatoms. The fourth-order valence-electron chi connectivity index (χ4n) is 2.58. The van der Waals surface area contributed by atoms with E-state index in [1.54, 1.807) is 42.1 Å². The lowest BCUT2D eigenvalue weighted by molar-refractivity contribution is -0.114. The number of carbonyl (C=O) groups is 1. The molecule has 1 heterocycles. The molecule has 0 saturated carbocycles. The van der Waals surface area contributed by atoms with Crippen LogP contribution in [0.15, 0.2) is 57.8 Å². The summed E-state index contributed by atoms with van der Waals surface area (Å²) >= 11 is 8.88. The smallest absolute Gasteiger partial charge is 0.264 e. The third-order valence-electron chi connectivity index (χ3n) is 4.07. The van der Waals surface area contributed by atoms with Crippen LogP contribution in [0.2, 0.25) is 5.02 Å². The van der Waals surface area contributed by atoms with Crippen molar-refractivity contribution in [3.05, 3.63) is 59.1 Å². The van der Waals surface area contributed by atoms with Crippen LogP contribution < -0.4 is 9.62 Å². The lowest BCUT2D eigenvalue weighted by Gasteiger charge is -2.24. The Morgan fingerprint density at radius 1 is 1.19 bits per heavy atom. The molecule has 0 aliphatic rings. The highest BCUT2D eigenvalue weighted by Gasteiger charge is 2.27. The number of aromatic nitrogens is 2. The molecule has 164 valence electrons. The average molecular weight is 497 g/mol. The number of sulfonamides is 1. The summed E-state index contributed by atoms with van der Waals surface area (Å²) in [6, 6.07) is 12.8. The number of aryl methyl sites for hydroxylation is 1. The van der Waals surface area contributed by atoms with Crippen LogP contribution in [0.3, 0.4) is 0 Å². The van der Waals surface area contributed by atoms with E-state index in [4.69, 9.17) is 11.6 Å². The van der Waals surface area contributed by atoms with E-state index in [-0.39, 0.29) is 4.90 Å². The van der Waals surface area contributed by atoms with Gasteiger partial charge in [-0.2, -0.15) is 0 Å². The van der Waals surface area contributed by atoms with E-state index in [1.165, 1.54) is 29.5 Å². The molecule has 0 fully saturated rings. The molecule has 0 aliphatic heterocycles. The maximum Gasteiger partial charge on any atom is 0.264 e. The molecule has 0 saturated heterocycles. The monoisotopic (exact) mass is 496 g/mol. The van der Waals surface area contributed by atoms with Gasteiger partial charge in [0.1, 0.15) is 6.54 Å². The van der Waals surface area contributed by atoms with Crippen LogP contribution in [0.25, 0.3) is 0 Å². The van der Waals surface area contributed by atoms with E-state index < -0.39 is 22.5 Å². The second-order valence-electron chi connectivity index (χ2n) is 6.57. The van der Waals surface area contributed by atoms with Gasteiger partial charge >= 0.3 is 0 Å². The third-order valence-corrected chi connectivity index (χ3v) is 8.28. The van der Waals surface area contributed by atoms with Gasteiger partial charge in [-0.1, -0.05) is 65.4 Å². The van der Waals surface area contributed by atoms with Crippen molar-refractivity contribution in [2.45, 2.75) is 29.5 Å². The van der Waals surface area contributed by atoms with Gasteiger partial charge in [0, 0.05) is 10.8 Å². The largest absolute Gasteiger partial charge is 0.299 e. The van der Waals surface area contributed by atoms with Gasteiger partial charge in [-0.15, -0.1) is 10.2 Å². The van der Waals surface area contributed by atoms with E-state index in [2.05, 4.69) is 22.4 Å². The maximum absolute atomic E-state index is 13.3. The van der Waals surface area contributed by atoms with Crippen molar-refractivity contribution in [1.29, 1.82) is 0 Å². The first kappa shape index (κ1) is 23.5. The van der Waals surface area contributed by atoms with Crippen LogP contribution in [0, 0.1) is 6.92 Å². The van der Waals surface area contributed by atoms with Gasteiger partial charge < -0.3 is 0 Å². The molecule has 0 bridgehead atoms. The molecule has 0 atom stereocenters.